The maximum absolute atomic E-state index is 12.7. The van der Waals surface area contributed by atoms with E-state index in [2.05, 4.69) is 5.10 Å². The lowest BCUT2D eigenvalue weighted by atomic mass is 10.1. The van der Waals surface area contributed by atoms with Gasteiger partial charge in [-0.25, -0.2) is 4.68 Å². The Morgan fingerprint density at radius 2 is 1.75 bits per heavy atom. The number of hydrogen-bond acceptors (Lipinski definition) is 4. The van der Waals surface area contributed by atoms with E-state index < -0.39 is 0 Å². The first-order chi connectivity index (χ1) is 13.6. The van der Waals surface area contributed by atoms with Crippen molar-refractivity contribution < 1.29 is 9.53 Å². The van der Waals surface area contributed by atoms with Crippen molar-refractivity contribution in [3.05, 3.63) is 80.9 Å². The molecule has 4 rings (SSSR count). The molecule has 7 heteroatoms. The van der Waals surface area contributed by atoms with E-state index in [1.54, 1.807) is 29.2 Å². The van der Waals surface area contributed by atoms with Crippen LogP contribution in [0.4, 0.5) is 0 Å². The molecule has 2 heterocycles. The second-order valence-electron chi connectivity index (χ2n) is 6.80. The smallest absolute Gasteiger partial charge is 0.273 e. The van der Waals surface area contributed by atoms with Gasteiger partial charge in [0.25, 0.3) is 11.1 Å². The van der Waals surface area contributed by atoms with Crippen LogP contribution in [0.25, 0.3) is 10.8 Å². The van der Waals surface area contributed by atoms with Gasteiger partial charge in [0.15, 0.2) is 0 Å². The van der Waals surface area contributed by atoms with E-state index >= 15 is 0 Å². The van der Waals surface area contributed by atoms with Gasteiger partial charge in [0.2, 0.25) is 5.91 Å². The molecule has 0 bridgehead atoms. The van der Waals surface area contributed by atoms with E-state index in [4.69, 9.17) is 4.74 Å². The second-order valence-corrected chi connectivity index (χ2v) is 6.80. The summed E-state index contributed by atoms with van der Waals surface area (Å²) in [7, 11) is 0. The predicted molar refractivity (Wildman–Crippen MR) is 105 cm³/mol. The van der Waals surface area contributed by atoms with Crippen molar-refractivity contribution in [3.8, 4) is 0 Å². The van der Waals surface area contributed by atoms with E-state index in [-0.39, 0.29) is 36.1 Å². The molecule has 0 aliphatic carbocycles. The number of rotatable bonds is 4. The molecule has 1 aliphatic heterocycles. The Hall–Kier alpha value is -3.19. The molecule has 28 heavy (non-hydrogen) atoms. The van der Waals surface area contributed by atoms with Crippen LogP contribution in [-0.2, 0) is 16.1 Å². The zero-order valence-electron chi connectivity index (χ0n) is 15.3. The summed E-state index contributed by atoms with van der Waals surface area (Å²) < 4.78 is 7.01. The van der Waals surface area contributed by atoms with Gasteiger partial charge >= 0.3 is 0 Å². The van der Waals surface area contributed by atoms with Crippen molar-refractivity contribution in [2.24, 2.45) is 0 Å². The number of benzene rings is 2. The third kappa shape index (κ3) is 3.61. The van der Waals surface area contributed by atoms with Crippen LogP contribution in [-0.4, -0.2) is 40.3 Å². The minimum atomic E-state index is -0.335. The monoisotopic (exact) mass is 379 g/mol. The fourth-order valence-corrected chi connectivity index (χ4v) is 3.51. The van der Waals surface area contributed by atoms with Crippen LogP contribution in [0.2, 0.25) is 0 Å². The number of H-pyrrole nitrogens is 1. The summed E-state index contributed by atoms with van der Waals surface area (Å²) in [5.74, 6) is -0.0647. The van der Waals surface area contributed by atoms with Gasteiger partial charge in [-0.2, -0.15) is 0 Å². The van der Waals surface area contributed by atoms with Crippen LogP contribution in [0.5, 0.6) is 0 Å². The second kappa shape index (κ2) is 7.82. The van der Waals surface area contributed by atoms with Crippen molar-refractivity contribution in [1.29, 1.82) is 0 Å². The number of ether oxygens (including phenoxy) is 1. The molecule has 0 radical (unpaired) electrons. The number of carbonyl (C=O) groups excluding carboxylic acids is 1. The molecule has 1 atom stereocenters. The first-order valence-corrected chi connectivity index (χ1v) is 9.29. The lowest BCUT2D eigenvalue weighted by molar-refractivity contribution is -0.139. The van der Waals surface area contributed by atoms with Crippen LogP contribution < -0.4 is 11.1 Å². The largest absolute Gasteiger partial charge is 0.370 e. The summed E-state index contributed by atoms with van der Waals surface area (Å²) >= 11 is 0. The van der Waals surface area contributed by atoms with E-state index in [9.17, 15) is 14.4 Å². The zero-order chi connectivity index (χ0) is 19.5. The molecule has 0 spiro atoms. The Bertz CT molecular complexity index is 1100. The summed E-state index contributed by atoms with van der Waals surface area (Å²) in [5.41, 5.74) is 0.403. The van der Waals surface area contributed by atoms with Crippen molar-refractivity contribution in [3.63, 3.8) is 0 Å². The van der Waals surface area contributed by atoms with Gasteiger partial charge in [-0.3, -0.25) is 19.5 Å². The van der Waals surface area contributed by atoms with Gasteiger partial charge in [0.1, 0.15) is 6.10 Å². The van der Waals surface area contributed by atoms with Crippen LogP contribution in [0, 0.1) is 0 Å². The number of carbonyl (C=O) groups is 1. The average Bonchev–Trinajstić information content (AvgIpc) is 2.76. The predicted octanol–water partition coefficient (Wildman–Crippen LogP) is 1.68. The number of hydrogen-bond donors (Lipinski definition) is 1. The summed E-state index contributed by atoms with van der Waals surface area (Å²) in [4.78, 5) is 39.2. The van der Waals surface area contributed by atoms with Crippen molar-refractivity contribution >= 4 is 16.7 Å². The first kappa shape index (κ1) is 18.2. The molecular formula is C21H21N3O4. The minimum Gasteiger partial charge on any atom is -0.370 e. The van der Waals surface area contributed by atoms with Gasteiger partial charge in [-0.15, -0.1) is 0 Å². The molecule has 1 unspecified atom stereocenters. The Morgan fingerprint density at radius 1 is 1.04 bits per heavy atom. The van der Waals surface area contributed by atoms with E-state index in [0.29, 0.717) is 30.5 Å². The number of aryl methyl sites for hydroxylation is 1. The van der Waals surface area contributed by atoms with Crippen molar-refractivity contribution in [2.75, 3.05) is 19.7 Å². The van der Waals surface area contributed by atoms with Gasteiger partial charge in [0, 0.05) is 13.0 Å². The number of amides is 1. The summed E-state index contributed by atoms with van der Waals surface area (Å²) in [6.07, 6.45) is -0.0162. The molecule has 0 saturated carbocycles. The third-order valence-corrected chi connectivity index (χ3v) is 5.02. The van der Waals surface area contributed by atoms with E-state index in [1.165, 1.54) is 4.68 Å². The fraction of sp³-hybridized carbons (Fsp3) is 0.286. The molecule has 144 valence electrons. The maximum atomic E-state index is 12.7. The highest BCUT2D eigenvalue weighted by Crippen LogP contribution is 2.22. The average molecular weight is 379 g/mol. The number of nitrogens with zero attached hydrogens (tertiary/aromatic N) is 2. The fourth-order valence-electron chi connectivity index (χ4n) is 3.51. The normalized spacial score (nSPS) is 17.0. The van der Waals surface area contributed by atoms with Crippen LogP contribution in [0.3, 0.4) is 0 Å². The Morgan fingerprint density at radius 3 is 2.54 bits per heavy atom. The molecule has 1 saturated heterocycles. The topological polar surface area (TPSA) is 84.4 Å². The molecule has 1 aromatic heterocycles. The summed E-state index contributed by atoms with van der Waals surface area (Å²) in [6.45, 7) is 1.60. The molecule has 2 aromatic carbocycles. The standard InChI is InChI=1S/C21H21N3O4/c25-19(23-12-13-28-18(14-23)15-6-2-1-3-7-15)10-11-24-21(27)17-9-5-4-8-16(17)20(26)22-24/h1-9,18H,10-14H2,(H,22,26). The van der Waals surface area contributed by atoms with Crippen LogP contribution in [0.1, 0.15) is 18.1 Å². The minimum absolute atomic E-state index is 0.0647. The van der Waals surface area contributed by atoms with Gasteiger partial charge in [-0.1, -0.05) is 42.5 Å². The Kier molecular flexibility index (Phi) is 5.08. The molecule has 1 N–H and O–H groups in total. The first-order valence-electron chi connectivity index (χ1n) is 9.29. The maximum Gasteiger partial charge on any atom is 0.273 e. The highest BCUT2D eigenvalue weighted by atomic mass is 16.5. The number of aromatic nitrogens is 2. The molecule has 3 aromatic rings. The van der Waals surface area contributed by atoms with Gasteiger partial charge in [-0.05, 0) is 17.7 Å². The number of aromatic amines is 1. The number of morpholine rings is 1. The summed E-state index contributed by atoms with van der Waals surface area (Å²) in [5, 5.41) is 3.28. The molecule has 1 aliphatic rings. The van der Waals surface area contributed by atoms with E-state index in [1.807, 2.05) is 30.3 Å². The van der Waals surface area contributed by atoms with Gasteiger partial charge < -0.3 is 9.64 Å². The van der Waals surface area contributed by atoms with Crippen molar-refractivity contribution in [1.82, 2.24) is 14.7 Å². The van der Waals surface area contributed by atoms with E-state index in [0.717, 1.165) is 5.56 Å². The number of nitrogens with one attached hydrogen (secondary N) is 1. The SMILES string of the molecule is O=C(CCn1[nH]c(=O)c2ccccc2c1=O)N1CCOC(c2ccccc2)C1. The lowest BCUT2D eigenvalue weighted by Crippen LogP contribution is -2.43. The lowest BCUT2D eigenvalue weighted by Gasteiger charge is -2.33. The third-order valence-electron chi connectivity index (χ3n) is 5.02. The number of fused-ring (bicyclic) bond motifs is 1. The van der Waals surface area contributed by atoms with Crippen LogP contribution in [0.15, 0.2) is 64.2 Å². The van der Waals surface area contributed by atoms with Crippen LogP contribution >= 0.6 is 0 Å². The zero-order valence-corrected chi connectivity index (χ0v) is 15.3. The Labute approximate surface area is 161 Å². The highest BCUT2D eigenvalue weighted by molar-refractivity contribution is 5.80. The highest BCUT2D eigenvalue weighted by Gasteiger charge is 2.25. The molecular weight excluding hydrogens is 358 g/mol. The molecule has 1 fully saturated rings. The quantitative estimate of drug-likeness (QED) is 0.748. The van der Waals surface area contributed by atoms with Crippen molar-refractivity contribution in [2.45, 2.75) is 19.1 Å². The summed E-state index contributed by atoms with van der Waals surface area (Å²) in [6, 6.07) is 16.5. The molecule has 1 amide bonds. The van der Waals surface area contributed by atoms with Gasteiger partial charge in [0.05, 0.1) is 30.5 Å². The molecule has 7 nitrogen and oxygen atoms in total. The Balaban J connectivity index is 1.46.